The van der Waals surface area contributed by atoms with Gasteiger partial charge in [0.05, 0.1) is 17.6 Å². The maximum absolute atomic E-state index is 5.06. The molecule has 0 N–H and O–H groups in total. The van der Waals surface area contributed by atoms with Crippen LogP contribution in [-0.2, 0) is 0 Å². The van der Waals surface area contributed by atoms with E-state index in [4.69, 9.17) is 10.1 Å². The van der Waals surface area contributed by atoms with Crippen LogP contribution in [0.5, 0.6) is 0 Å². The highest BCUT2D eigenvalue weighted by Crippen LogP contribution is 2.34. The van der Waals surface area contributed by atoms with Gasteiger partial charge in [-0.1, -0.05) is 121 Å². The van der Waals surface area contributed by atoms with Gasteiger partial charge in [-0.3, -0.25) is 0 Å². The normalized spacial score (nSPS) is 10.9. The lowest BCUT2D eigenvalue weighted by atomic mass is 10.0. The van der Waals surface area contributed by atoms with E-state index in [1.807, 2.05) is 64.3 Å². The summed E-state index contributed by atoms with van der Waals surface area (Å²) in [7, 11) is 0. The fourth-order valence-electron chi connectivity index (χ4n) is 4.28. The second-order valence-corrected chi connectivity index (χ2v) is 8.06. The van der Waals surface area contributed by atoms with Crippen LogP contribution in [0.3, 0.4) is 0 Å². The van der Waals surface area contributed by atoms with E-state index in [9.17, 15) is 0 Å². The first-order valence-corrected chi connectivity index (χ1v) is 11.3. The zero-order chi connectivity index (χ0) is 22.7. The third-order valence-electron chi connectivity index (χ3n) is 5.90. The predicted molar refractivity (Wildman–Crippen MR) is 137 cm³/mol. The Kier molecular flexibility index (Phi) is 5.09. The van der Waals surface area contributed by atoms with Gasteiger partial charge < -0.3 is 0 Å². The summed E-state index contributed by atoms with van der Waals surface area (Å²) in [6.07, 6.45) is 3.93. The molecule has 162 valence electrons. The zero-order valence-electron chi connectivity index (χ0n) is 18.5. The quantitative estimate of drug-likeness (QED) is 0.289. The summed E-state index contributed by atoms with van der Waals surface area (Å²) in [6, 6.07) is 41.3. The Hall–Kier alpha value is -4.70. The number of imidazole rings is 1. The zero-order valence-corrected chi connectivity index (χ0v) is 18.5. The highest BCUT2D eigenvalue weighted by atomic mass is 15.6. The van der Waals surface area contributed by atoms with Gasteiger partial charge >= 0.3 is 0 Å². The second-order valence-electron chi connectivity index (χ2n) is 8.06. The molecule has 0 atom stereocenters. The van der Waals surface area contributed by atoms with E-state index in [0.717, 1.165) is 44.9 Å². The third kappa shape index (κ3) is 3.61. The molecule has 0 radical (unpaired) electrons. The minimum Gasteiger partial charge on any atom is -0.234 e. The fourth-order valence-corrected chi connectivity index (χ4v) is 4.28. The number of aromatic nitrogens is 4. The van der Waals surface area contributed by atoms with Gasteiger partial charge in [-0.05, 0) is 5.56 Å². The summed E-state index contributed by atoms with van der Waals surface area (Å²) in [4.78, 5) is 6.72. The lowest BCUT2D eigenvalue weighted by Crippen LogP contribution is -2.10. The molecule has 34 heavy (non-hydrogen) atoms. The standard InChI is InChI=1S/C30H22N4/c1-5-13-23(14-6-1)27-21-34(32-28(27)24-15-7-2-8-16-24)33-22-31-29(25-17-9-3-10-18-25)30(33)26-19-11-4-12-20-26/h1-22H. The highest BCUT2D eigenvalue weighted by Gasteiger charge is 2.19. The first-order valence-electron chi connectivity index (χ1n) is 11.3. The summed E-state index contributed by atoms with van der Waals surface area (Å²) in [6.45, 7) is 0. The number of nitrogens with zero attached hydrogens (tertiary/aromatic N) is 4. The smallest absolute Gasteiger partial charge is 0.118 e. The number of benzene rings is 4. The summed E-state index contributed by atoms with van der Waals surface area (Å²) >= 11 is 0. The van der Waals surface area contributed by atoms with Gasteiger partial charge in [0, 0.05) is 22.3 Å². The van der Waals surface area contributed by atoms with Crippen molar-refractivity contribution in [3.05, 3.63) is 134 Å². The van der Waals surface area contributed by atoms with Gasteiger partial charge in [0.15, 0.2) is 0 Å². The molecule has 0 saturated carbocycles. The molecular formula is C30H22N4. The first-order chi connectivity index (χ1) is 16.9. The van der Waals surface area contributed by atoms with Crippen LogP contribution in [0.2, 0.25) is 0 Å². The highest BCUT2D eigenvalue weighted by molar-refractivity contribution is 5.81. The van der Waals surface area contributed by atoms with E-state index in [1.165, 1.54) is 0 Å². The van der Waals surface area contributed by atoms with Crippen molar-refractivity contribution in [2.24, 2.45) is 0 Å². The molecule has 6 aromatic rings. The van der Waals surface area contributed by atoms with Crippen molar-refractivity contribution in [2.45, 2.75) is 0 Å². The molecule has 0 fully saturated rings. The Balaban J connectivity index is 1.59. The molecule has 0 bridgehead atoms. The van der Waals surface area contributed by atoms with E-state index in [0.29, 0.717) is 0 Å². The van der Waals surface area contributed by atoms with E-state index < -0.39 is 0 Å². The molecule has 0 unspecified atom stereocenters. The maximum Gasteiger partial charge on any atom is 0.118 e. The van der Waals surface area contributed by atoms with Crippen LogP contribution in [0.4, 0.5) is 0 Å². The van der Waals surface area contributed by atoms with Crippen LogP contribution in [0.15, 0.2) is 134 Å². The minimum absolute atomic E-state index is 0.921. The van der Waals surface area contributed by atoms with E-state index in [2.05, 4.69) is 79.0 Å². The molecular weight excluding hydrogens is 416 g/mol. The first kappa shape index (κ1) is 19.9. The molecule has 0 saturated heterocycles. The fraction of sp³-hybridized carbons (Fsp3) is 0. The summed E-state index contributed by atoms with van der Waals surface area (Å²) in [5, 5.41) is 5.06. The molecule has 4 aromatic carbocycles. The topological polar surface area (TPSA) is 35.6 Å². The van der Waals surface area contributed by atoms with Crippen LogP contribution >= 0.6 is 0 Å². The minimum atomic E-state index is 0.921. The van der Waals surface area contributed by atoms with E-state index in [-0.39, 0.29) is 0 Å². The number of hydrogen-bond acceptors (Lipinski definition) is 2. The van der Waals surface area contributed by atoms with Crippen molar-refractivity contribution >= 4 is 0 Å². The maximum atomic E-state index is 5.06. The van der Waals surface area contributed by atoms with Crippen LogP contribution in [-0.4, -0.2) is 19.5 Å². The van der Waals surface area contributed by atoms with E-state index in [1.54, 1.807) is 0 Å². The summed E-state index contributed by atoms with van der Waals surface area (Å²) in [5.41, 5.74) is 8.26. The average Bonchev–Trinajstić information content (AvgIpc) is 3.56. The summed E-state index contributed by atoms with van der Waals surface area (Å²) in [5.74, 6) is 0. The summed E-state index contributed by atoms with van der Waals surface area (Å²) < 4.78 is 2.02. The van der Waals surface area contributed by atoms with Crippen molar-refractivity contribution < 1.29 is 0 Å². The van der Waals surface area contributed by atoms with Crippen molar-refractivity contribution in [3.63, 3.8) is 0 Å². The molecule has 2 aromatic heterocycles. The van der Waals surface area contributed by atoms with Crippen molar-refractivity contribution in [1.82, 2.24) is 19.5 Å². The van der Waals surface area contributed by atoms with Crippen LogP contribution in [0.1, 0.15) is 0 Å². The Morgan fingerprint density at radius 2 is 0.941 bits per heavy atom. The molecule has 0 aliphatic carbocycles. The van der Waals surface area contributed by atoms with Gasteiger partial charge in [-0.25, -0.2) is 9.66 Å². The van der Waals surface area contributed by atoms with Gasteiger partial charge in [-0.2, -0.15) is 9.89 Å². The van der Waals surface area contributed by atoms with Crippen LogP contribution < -0.4 is 0 Å². The molecule has 0 spiro atoms. The van der Waals surface area contributed by atoms with Crippen molar-refractivity contribution in [1.29, 1.82) is 0 Å². The number of rotatable bonds is 5. The largest absolute Gasteiger partial charge is 0.234 e. The molecule has 0 aliphatic heterocycles. The second kappa shape index (κ2) is 8.68. The number of hydrogen-bond donors (Lipinski definition) is 0. The van der Waals surface area contributed by atoms with Gasteiger partial charge in [-0.15, -0.1) is 0 Å². The lowest BCUT2D eigenvalue weighted by molar-refractivity contribution is 0.581. The Morgan fingerprint density at radius 3 is 1.50 bits per heavy atom. The third-order valence-corrected chi connectivity index (χ3v) is 5.90. The van der Waals surface area contributed by atoms with Gasteiger partial charge in [0.1, 0.15) is 12.0 Å². The molecule has 6 rings (SSSR count). The Labute approximate surface area is 198 Å². The van der Waals surface area contributed by atoms with Crippen molar-refractivity contribution in [3.8, 4) is 44.9 Å². The SMILES string of the molecule is c1ccc(-c2cn(-n3cnc(-c4ccccc4)c3-c3ccccc3)nc2-c2ccccc2)cc1. The Morgan fingerprint density at radius 1 is 0.471 bits per heavy atom. The molecule has 0 aliphatic rings. The molecule has 2 heterocycles. The molecule has 4 nitrogen and oxygen atoms in total. The Bertz CT molecular complexity index is 1460. The lowest BCUT2D eigenvalue weighted by Gasteiger charge is -2.10. The van der Waals surface area contributed by atoms with Crippen LogP contribution in [0.25, 0.3) is 44.9 Å². The van der Waals surface area contributed by atoms with Gasteiger partial charge in [0.25, 0.3) is 0 Å². The van der Waals surface area contributed by atoms with Crippen molar-refractivity contribution in [2.75, 3.05) is 0 Å². The van der Waals surface area contributed by atoms with E-state index >= 15 is 0 Å². The predicted octanol–water partition coefficient (Wildman–Crippen LogP) is 7.06. The monoisotopic (exact) mass is 438 g/mol. The van der Waals surface area contributed by atoms with Gasteiger partial charge in [0.2, 0.25) is 0 Å². The van der Waals surface area contributed by atoms with Crippen LogP contribution in [0, 0.1) is 0 Å². The molecule has 0 amide bonds. The molecule has 4 heteroatoms. The average molecular weight is 439 g/mol.